The van der Waals surface area contributed by atoms with Crippen molar-refractivity contribution in [3.8, 4) is 5.69 Å². The molecule has 0 saturated heterocycles. The summed E-state index contributed by atoms with van der Waals surface area (Å²) in [7, 11) is 0. The molecule has 2 aromatic rings. The molecule has 6 rings (SSSR count). The van der Waals surface area contributed by atoms with Crippen molar-refractivity contribution in [3.05, 3.63) is 53.1 Å². The lowest BCUT2D eigenvalue weighted by Gasteiger charge is -2.58. The van der Waals surface area contributed by atoms with Crippen molar-refractivity contribution >= 4 is 11.8 Å². The van der Waals surface area contributed by atoms with Gasteiger partial charge in [0.1, 0.15) is 5.82 Å². The number of carbonyl (C=O) groups is 2. The van der Waals surface area contributed by atoms with E-state index in [1.165, 1.54) is 12.1 Å². The summed E-state index contributed by atoms with van der Waals surface area (Å²) in [6.45, 7) is 3.35. The van der Waals surface area contributed by atoms with Gasteiger partial charge in [-0.15, -0.1) is 0 Å². The molecule has 4 saturated carbocycles. The average molecular weight is 426 g/mol. The average Bonchev–Trinajstić information content (AvgIpc) is 2.98. The molecule has 2 unspecified atom stereocenters. The van der Waals surface area contributed by atoms with Crippen LogP contribution in [0.3, 0.4) is 0 Å². The molecule has 4 bridgehead atoms. The van der Waals surface area contributed by atoms with Gasteiger partial charge in [0.15, 0.2) is 6.61 Å². The maximum Gasteiger partial charge on any atom is 0.312 e. The molecule has 4 fully saturated rings. The molecule has 1 aromatic heterocycles. The Labute approximate surface area is 181 Å². The van der Waals surface area contributed by atoms with Crippen molar-refractivity contribution in [1.29, 1.82) is 0 Å². The van der Waals surface area contributed by atoms with Gasteiger partial charge in [0.05, 0.1) is 11.0 Å². The number of ketones is 1. The van der Waals surface area contributed by atoms with E-state index in [0.717, 1.165) is 37.8 Å². The Morgan fingerprint density at radius 3 is 2.52 bits per heavy atom. The van der Waals surface area contributed by atoms with E-state index in [9.17, 15) is 19.1 Å². The van der Waals surface area contributed by atoms with Crippen molar-refractivity contribution in [3.63, 3.8) is 0 Å². The standard InChI is InChI=1S/C25H28FNO4/c1-15-6-21(16(2)27(15)20-5-3-4-19(26)8-20)22(28)13-31-23(29)24-9-17-7-18(10-24)12-25(30,11-17)14-24/h3-6,8,17-18,30H,7,9-14H2,1-2H3. The number of carbonyl (C=O) groups excluding carboxylic acids is 2. The number of hydrogen-bond acceptors (Lipinski definition) is 4. The minimum Gasteiger partial charge on any atom is -0.457 e. The second-order valence-corrected chi connectivity index (χ2v) is 10.1. The number of ether oxygens (including phenoxy) is 1. The van der Waals surface area contributed by atoms with Crippen LogP contribution in [0.2, 0.25) is 0 Å². The van der Waals surface area contributed by atoms with Gasteiger partial charge in [-0.1, -0.05) is 6.07 Å². The minimum absolute atomic E-state index is 0.271. The van der Waals surface area contributed by atoms with E-state index in [1.807, 2.05) is 18.4 Å². The van der Waals surface area contributed by atoms with Crippen LogP contribution in [-0.4, -0.2) is 33.6 Å². The number of halogens is 1. The number of esters is 1. The molecular weight excluding hydrogens is 397 g/mol. The molecule has 4 aliphatic rings. The SMILES string of the molecule is Cc1cc(C(=O)COC(=O)C23CC4CC(CC(O)(C4)C2)C3)c(C)n1-c1cccc(F)c1. The third kappa shape index (κ3) is 3.41. The molecular formula is C25H28FNO4. The van der Waals surface area contributed by atoms with Crippen molar-refractivity contribution in [2.75, 3.05) is 6.61 Å². The number of aryl methyl sites for hydroxylation is 1. The van der Waals surface area contributed by atoms with Crippen LogP contribution in [0.25, 0.3) is 5.69 Å². The first kappa shape index (κ1) is 20.4. The minimum atomic E-state index is -0.747. The van der Waals surface area contributed by atoms with Crippen LogP contribution in [-0.2, 0) is 9.53 Å². The molecule has 6 heteroatoms. The summed E-state index contributed by atoms with van der Waals surface area (Å²) in [5.41, 5.74) is 1.22. The predicted molar refractivity (Wildman–Crippen MR) is 113 cm³/mol. The smallest absolute Gasteiger partial charge is 0.312 e. The van der Waals surface area contributed by atoms with Gasteiger partial charge in [-0.25, -0.2) is 4.39 Å². The first-order valence-corrected chi connectivity index (χ1v) is 11.1. The van der Waals surface area contributed by atoms with Crippen molar-refractivity contribution in [2.24, 2.45) is 17.3 Å². The van der Waals surface area contributed by atoms with Crippen LogP contribution in [0.15, 0.2) is 30.3 Å². The van der Waals surface area contributed by atoms with E-state index in [0.29, 0.717) is 35.2 Å². The lowest BCUT2D eigenvalue weighted by molar-refractivity contribution is -0.195. The lowest BCUT2D eigenvalue weighted by Crippen LogP contribution is -2.58. The molecule has 31 heavy (non-hydrogen) atoms. The fraction of sp³-hybridized carbons (Fsp3) is 0.520. The van der Waals surface area contributed by atoms with Crippen LogP contribution in [0, 0.1) is 36.9 Å². The first-order chi connectivity index (χ1) is 14.7. The van der Waals surface area contributed by atoms with Gasteiger partial charge in [0, 0.05) is 22.6 Å². The van der Waals surface area contributed by atoms with Crippen LogP contribution < -0.4 is 0 Å². The number of hydrogen-bond donors (Lipinski definition) is 1. The van der Waals surface area contributed by atoms with Gasteiger partial charge >= 0.3 is 5.97 Å². The number of benzene rings is 1. The number of aliphatic hydroxyl groups is 1. The molecule has 4 aliphatic carbocycles. The fourth-order valence-corrected chi connectivity index (χ4v) is 6.87. The normalized spacial score (nSPS) is 31.1. The molecule has 1 heterocycles. The molecule has 0 aliphatic heterocycles. The van der Waals surface area contributed by atoms with Crippen LogP contribution in [0.1, 0.15) is 60.3 Å². The van der Waals surface area contributed by atoms with E-state index < -0.39 is 11.0 Å². The van der Waals surface area contributed by atoms with Gasteiger partial charge in [-0.05, 0) is 88.5 Å². The Balaban J connectivity index is 1.32. The van der Waals surface area contributed by atoms with Gasteiger partial charge < -0.3 is 14.4 Å². The number of aromatic nitrogens is 1. The number of nitrogens with zero attached hydrogens (tertiary/aromatic N) is 1. The van der Waals surface area contributed by atoms with Gasteiger partial charge in [0.25, 0.3) is 0 Å². The van der Waals surface area contributed by atoms with Crippen LogP contribution >= 0.6 is 0 Å². The lowest BCUT2D eigenvalue weighted by atomic mass is 9.48. The zero-order chi connectivity index (χ0) is 22.0. The van der Waals surface area contributed by atoms with E-state index >= 15 is 0 Å². The number of Topliss-reactive ketones (excluding diaryl/α,β-unsaturated/α-hetero) is 1. The van der Waals surface area contributed by atoms with E-state index in [2.05, 4.69) is 0 Å². The van der Waals surface area contributed by atoms with Gasteiger partial charge in [0.2, 0.25) is 5.78 Å². The molecule has 1 aromatic carbocycles. The second kappa shape index (κ2) is 7.02. The highest BCUT2D eigenvalue weighted by molar-refractivity contribution is 5.99. The molecule has 2 atom stereocenters. The maximum atomic E-state index is 13.7. The van der Waals surface area contributed by atoms with Crippen molar-refractivity contribution in [1.82, 2.24) is 4.57 Å². The largest absolute Gasteiger partial charge is 0.457 e. The third-order valence-corrected chi connectivity index (χ3v) is 7.60. The predicted octanol–water partition coefficient (Wildman–Crippen LogP) is 4.29. The van der Waals surface area contributed by atoms with E-state index in [4.69, 9.17) is 4.74 Å². The monoisotopic (exact) mass is 425 g/mol. The number of rotatable bonds is 5. The Kier molecular flexibility index (Phi) is 4.63. The van der Waals surface area contributed by atoms with Gasteiger partial charge in [-0.2, -0.15) is 0 Å². The topological polar surface area (TPSA) is 68.5 Å². The molecule has 164 valence electrons. The maximum absolute atomic E-state index is 13.7. The summed E-state index contributed by atoms with van der Waals surface area (Å²) in [5.74, 6) is -0.205. The summed E-state index contributed by atoms with van der Waals surface area (Å²) in [4.78, 5) is 26.0. The molecule has 5 nitrogen and oxygen atoms in total. The second-order valence-electron chi connectivity index (χ2n) is 10.1. The third-order valence-electron chi connectivity index (χ3n) is 7.60. The fourth-order valence-electron chi connectivity index (χ4n) is 6.87. The summed E-state index contributed by atoms with van der Waals surface area (Å²) >= 11 is 0. The quantitative estimate of drug-likeness (QED) is 0.573. The molecule has 0 radical (unpaired) electrons. The summed E-state index contributed by atoms with van der Waals surface area (Å²) in [5, 5.41) is 10.9. The first-order valence-electron chi connectivity index (χ1n) is 11.1. The van der Waals surface area contributed by atoms with Crippen LogP contribution in [0.5, 0.6) is 0 Å². The highest BCUT2D eigenvalue weighted by atomic mass is 19.1. The highest BCUT2D eigenvalue weighted by Gasteiger charge is 2.60. The zero-order valence-electron chi connectivity index (χ0n) is 18.0. The molecule has 0 spiro atoms. The Hall–Kier alpha value is -2.47. The summed E-state index contributed by atoms with van der Waals surface area (Å²) < 4.78 is 21.0. The van der Waals surface area contributed by atoms with Crippen LogP contribution in [0.4, 0.5) is 4.39 Å². The highest BCUT2D eigenvalue weighted by Crippen LogP contribution is 2.62. The Morgan fingerprint density at radius 2 is 1.87 bits per heavy atom. The summed E-state index contributed by atoms with van der Waals surface area (Å²) in [6.07, 6.45) is 4.61. The van der Waals surface area contributed by atoms with E-state index in [1.54, 1.807) is 18.2 Å². The zero-order valence-corrected chi connectivity index (χ0v) is 18.0. The van der Waals surface area contributed by atoms with Gasteiger partial charge in [-0.3, -0.25) is 9.59 Å². The Morgan fingerprint density at radius 1 is 1.16 bits per heavy atom. The Bertz CT molecular complexity index is 1060. The van der Waals surface area contributed by atoms with Crippen molar-refractivity contribution < 1.29 is 23.8 Å². The van der Waals surface area contributed by atoms with E-state index in [-0.39, 0.29) is 24.2 Å². The van der Waals surface area contributed by atoms with Crippen molar-refractivity contribution in [2.45, 2.75) is 58.0 Å². The summed E-state index contributed by atoms with van der Waals surface area (Å²) in [6, 6.07) is 7.97. The molecule has 0 amide bonds. The molecule has 1 N–H and O–H groups in total.